The highest BCUT2D eigenvalue weighted by atomic mass is 35.5. The van der Waals surface area contributed by atoms with Crippen LogP contribution in [0.4, 0.5) is 5.82 Å². The molecule has 1 aromatic rings. The maximum absolute atomic E-state index is 10.2. The summed E-state index contributed by atoms with van der Waals surface area (Å²) in [7, 11) is 3.85. The number of aliphatic hydroxyl groups is 1. The molecule has 1 rings (SSSR count). The Kier molecular flexibility index (Phi) is 5.52. The summed E-state index contributed by atoms with van der Waals surface area (Å²) in [5, 5.41) is 13.7. The van der Waals surface area contributed by atoms with Gasteiger partial charge < -0.3 is 15.3 Å². The highest BCUT2D eigenvalue weighted by Crippen LogP contribution is 2.17. The topological polar surface area (TPSA) is 61.3 Å². The van der Waals surface area contributed by atoms with Crippen molar-refractivity contribution in [3.8, 4) is 0 Å². The van der Waals surface area contributed by atoms with Gasteiger partial charge in [0.05, 0.1) is 5.60 Å². The van der Waals surface area contributed by atoms with Gasteiger partial charge in [-0.05, 0) is 21.0 Å². The van der Waals surface area contributed by atoms with Crippen LogP contribution >= 0.6 is 11.6 Å². The molecule has 19 heavy (non-hydrogen) atoms. The molecule has 0 aliphatic carbocycles. The summed E-state index contributed by atoms with van der Waals surface area (Å²) >= 11 is 5.97. The molecule has 6 heteroatoms. The molecular formula is C13H23ClN4O. The molecule has 0 aliphatic rings. The van der Waals surface area contributed by atoms with Crippen molar-refractivity contribution < 1.29 is 5.11 Å². The Morgan fingerprint density at radius 3 is 2.58 bits per heavy atom. The third-order valence-corrected chi connectivity index (χ3v) is 2.73. The molecule has 1 unspecified atom stereocenters. The van der Waals surface area contributed by atoms with E-state index < -0.39 is 5.60 Å². The third kappa shape index (κ3) is 5.72. The van der Waals surface area contributed by atoms with Crippen LogP contribution in [0.15, 0.2) is 6.07 Å². The van der Waals surface area contributed by atoms with Gasteiger partial charge in [-0.25, -0.2) is 9.97 Å². The summed E-state index contributed by atoms with van der Waals surface area (Å²) in [5.41, 5.74) is -0.834. The minimum absolute atomic E-state index is 0.210. The Hall–Kier alpha value is -0.910. The normalized spacial score (nSPS) is 14.8. The number of hydrogen-bond acceptors (Lipinski definition) is 5. The van der Waals surface area contributed by atoms with Crippen molar-refractivity contribution in [1.82, 2.24) is 14.9 Å². The zero-order valence-electron chi connectivity index (χ0n) is 12.2. The monoisotopic (exact) mass is 286 g/mol. The maximum atomic E-state index is 10.2. The molecule has 0 saturated carbocycles. The standard InChI is InChI=1S/C13H23ClN4O/c1-9(2)12-16-10(14)6-11(17-12)15-7-13(3,19)8-18(4)5/h6,9,19H,7-8H2,1-5H3,(H,15,16,17). The quantitative estimate of drug-likeness (QED) is 0.783. The minimum atomic E-state index is -0.834. The highest BCUT2D eigenvalue weighted by molar-refractivity contribution is 6.29. The Bertz CT molecular complexity index is 421. The van der Waals surface area contributed by atoms with Crippen LogP contribution in [-0.2, 0) is 0 Å². The highest BCUT2D eigenvalue weighted by Gasteiger charge is 2.21. The molecule has 0 radical (unpaired) electrons. The van der Waals surface area contributed by atoms with Crippen LogP contribution in [0.5, 0.6) is 0 Å². The number of nitrogens with zero attached hydrogens (tertiary/aromatic N) is 3. The van der Waals surface area contributed by atoms with Gasteiger partial charge in [-0.1, -0.05) is 25.4 Å². The number of likely N-dealkylation sites (N-methyl/N-ethyl adjacent to an activating group) is 1. The van der Waals surface area contributed by atoms with Gasteiger partial charge in [-0.15, -0.1) is 0 Å². The van der Waals surface area contributed by atoms with Gasteiger partial charge in [0.25, 0.3) is 0 Å². The predicted octanol–water partition coefficient (Wildman–Crippen LogP) is 1.98. The number of nitrogens with one attached hydrogen (secondary N) is 1. The molecule has 0 amide bonds. The lowest BCUT2D eigenvalue weighted by atomic mass is 10.1. The molecule has 1 aromatic heterocycles. The molecule has 0 bridgehead atoms. The van der Waals surface area contributed by atoms with Gasteiger partial charge in [0.2, 0.25) is 0 Å². The van der Waals surface area contributed by atoms with E-state index in [9.17, 15) is 5.11 Å². The molecular weight excluding hydrogens is 264 g/mol. The van der Waals surface area contributed by atoms with Gasteiger partial charge in [-0.2, -0.15) is 0 Å². The molecule has 0 aliphatic heterocycles. The Morgan fingerprint density at radius 2 is 2.05 bits per heavy atom. The zero-order valence-corrected chi connectivity index (χ0v) is 13.0. The van der Waals surface area contributed by atoms with E-state index in [1.165, 1.54) is 0 Å². The fraction of sp³-hybridized carbons (Fsp3) is 0.692. The lowest BCUT2D eigenvalue weighted by Gasteiger charge is -2.27. The second-order valence-electron chi connectivity index (χ2n) is 5.68. The van der Waals surface area contributed by atoms with E-state index in [0.29, 0.717) is 29.9 Å². The van der Waals surface area contributed by atoms with Crippen molar-refractivity contribution in [2.24, 2.45) is 0 Å². The molecule has 1 heterocycles. The number of rotatable bonds is 6. The fourth-order valence-corrected chi connectivity index (χ4v) is 1.99. The molecule has 2 N–H and O–H groups in total. The zero-order chi connectivity index (χ0) is 14.6. The average molecular weight is 287 g/mol. The van der Waals surface area contributed by atoms with Crippen molar-refractivity contribution >= 4 is 17.4 Å². The number of halogens is 1. The second-order valence-corrected chi connectivity index (χ2v) is 6.06. The van der Waals surface area contributed by atoms with Gasteiger partial charge >= 0.3 is 0 Å². The summed E-state index contributed by atoms with van der Waals surface area (Å²) in [6.45, 7) is 6.77. The van der Waals surface area contributed by atoms with Gasteiger partial charge in [0, 0.05) is 25.1 Å². The van der Waals surface area contributed by atoms with Crippen LogP contribution in [0.2, 0.25) is 5.15 Å². The van der Waals surface area contributed by atoms with Crippen molar-refractivity contribution in [3.05, 3.63) is 17.0 Å². The lowest BCUT2D eigenvalue weighted by Crippen LogP contribution is -2.43. The Morgan fingerprint density at radius 1 is 1.42 bits per heavy atom. The first-order valence-corrected chi connectivity index (χ1v) is 6.73. The smallest absolute Gasteiger partial charge is 0.135 e. The largest absolute Gasteiger partial charge is 0.387 e. The first kappa shape index (κ1) is 16.1. The van der Waals surface area contributed by atoms with Crippen molar-refractivity contribution in [1.29, 1.82) is 0 Å². The maximum Gasteiger partial charge on any atom is 0.135 e. The van der Waals surface area contributed by atoms with E-state index in [1.54, 1.807) is 13.0 Å². The van der Waals surface area contributed by atoms with Crippen molar-refractivity contribution in [2.45, 2.75) is 32.3 Å². The van der Waals surface area contributed by atoms with E-state index in [-0.39, 0.29) is 5.92 Å². The SMILES string of the molecule is CC(C)c1nc(Cl)cc(NCC(C)(O)CN(C)C)n1. The lowest BCUT2D eigenvalue weighted by molar-refractivity contribution is 0.0459. The summed E-state index contributed by atoms with van der Waals surface area (Å²) in [6, 6.07) is 1.67. The van der Waals surface area contributed by atoms with Crippen molar-refractivity contribution in [3.63, 3.8) is 0 Å². The molecule has 0 aromatic carbocycles. The molecule has 0 saturated heterocycles. The van der Waals surface area contributed by atoms with E-state index in [4.69, 9.17) is 11.6 Å². The first-order chi connectivity index (χ1) is 8.69. The van der Waals surface area contributed by atoms with Gasteiger partial charge in [0.1, 0.15) is 16.8 Å². The van der Waals surface area contributed by atoms with Crippen LogP contribution < -0.4 is 5.32 Å². The molecule has 0 spiro atoms. The summed E-state index contributed by atoms with van der Waals surface area (Å²) < 4.78 is 0. The Balaban J connectivity index is 2.72. The van der Waals surface area contributed by atoms with Crippen LogP contribution in [-0.4, -0.2) is 52.8 Å². The van der Waals surface area contributed by atoms with E-state index in [1.807, 2.05) is 32.8 Å². The average Bonchev–Trinajstić information content (AvgIpc) is 2.24. The minimum Gasteiger partial charge on any atom is -0.387 e. The van der Waals surface area contributed by atoms with Crippen LogP contribution in [0, 0.1) is 0 Å². The molecule has 0 fully saturated rings. The second kappa shape index (κ2) is 6.50. The number of hydrogen-bond donors (Lipinski definition) is 2. The molecule has 1 atom stereocenters. The van der Waals surface area contributed by atoms with Crippen LogP contribution in [0.1, 0.15) is 32.5 Å². The van der Waals surface area contributed by atoms with Crippen LogP contribution in [0.25, 0.3) is 0 Å². The third-order valence-electron chi connectivity index (χ3n) is 2.54. The summed E-state index contributed by atoms with van der Waals surface area (Å²) in [5.74, 6) is 1.55. The molecule has 5 nitrogen and oxygen atoms in total. The fourth-order valence-electron chi connectivity index (χ4n) is 1.80. The van der Waals surface area contributed by atoms with Gasteiger partial charge in [0.15, 0.2) is 0 Å². The molecule has 108 valence electrons. The van der Waals surface area contributed by atoms with Crippen molar-refractivity contribution in [2.75, 3.05) is 32.5 Å². The number of anilines is 1. The predicted molar refractivity (Wildman–Crippen MR) is 78.8 cm³/mol. The summed E-state index contributed by atoms with van der Waals surface area (Å²) in [6.07, 6.45) is 0. The van der Waals surface area contributed by atoms with Gasteiger partial charge in [-0.3, -0.25) is 0 Å². The van der Waals surface area contributed by atoms with E-state index in [0.717, 1.165) is 0 Å². The Labute approximate surface area is 120 Å². The number of aromatic nitrogens is 2. The van der Waals surface area contributed by atoms with Crippen LogP contribution in [0.3, 0.4) is 0 Å². The van der Waals surface area contributed by atoms with E-state index in [2.05, 4.69) is 15.3 Å². The van der Waals surface area contributed by atoms with E-state index >= 15 is 0 Å². The first-order valence-electron chi connectivity index (χ1n) is 6.35. The summed E-state index contributed by atoms with van der Waals surface area (Å²) in [4.78, 5) is 10.5.